The lowest BCUT2D eigenvalue weighted by molar-refractivity contribution is 0.474. The number of benzene rings is 1. The van der Waals surface area contributed by atoms with Crippen LogP contribution < -0.4 is 5.32 Å². The van der Waals surface area contributed by atoms with Crippen molar-refractivity contribution in [2.75, 3.05) is 6.54 Å². The first kappa shape index (κ1) is 13.7. The van der Waals surface area contributed by atoms with Crippen molar-refractivity contribution < 1.29 is 5.11 Å². The Kier molecular flexibility index (Phi) is 5.42. The fraction of sp³-hybridized carbons (Fsp3) is 0.273. The fourth-order valence-corrected chi connectivity index (χ4v) is 1.69. The lowest BCUT2D eigenvalue weighted by atomic mass is 10.1. The SMILES string of the molecule is CCNCc1cc(O)ccc1C(Cl)=C(Cl)Cl. The van der Waals surface area contributed by atoms with Crippen molar-refractivity contribution in [3.05, 3.63) is 33.8 Å². The molecule has 0 bridgehead atoms. The second-order valence-corrected chi connectivity index (χ2v) is 4.52. The standard InChI is InChI=1S/C11H12Cl3NO/c1-2-15-6-7-5-8(16)3-4-9(7)10(12)11(13)14/h3-5,15-16H,2,6H2,1H3. The molecule has 0 heterocycles. The topological polar surface area (TPSA) is 32.3 Å². The minimum absolute atomic E-state index is 0.0186. The van der Waals surface area contributed by atoms with Gasteiger partial charge in [0.05, 0.1) is 5.03 Å². The fourth-order valence-electron chi connectivity index (χ4n) is 1.30. The summed E-state index contributed by atoms with van der Waals surface area (Å²) in [6, 6.07) is 4.87. The van der Waals surface area contributed by atoms with E-state index in [1.807, 2.05) is 6.92 Å². The Balaban J connectivity index is 3.12. The summed E-state index contributed by atoms with van der Waals surface area (Å²) >= 11 is 17.3. The molecule has 88 valence electrons. The van der Waals surface area contributed by atoms with Crippen molar-refractivity contribution in [3.63, 3.8) is 0 Å². The van der Waals surface area contributed by atoms with Crippen LogP contribution in [0.15, 0.2) is 22.7 Å². The Bertz CT molecular complexity index is 400. The molecular formula is C11H12Cl3NO. The third-order valence-electron chi connectivity index (χ3n) is 2.06. The Morgan fingerprint density at radius 3 is 2.56 bits per heavy atom. The van der Waals surface area contributed by atoms with E-state index >= 15 is 0 Å². The molecule has 0 atom stereocenters. The van der Waals surface area contributed by atoms with E-state index in [1.165, 1.54) is 0 Å². The lowest BCUT2D eigenvalue weighted by Gasteiger charge is -2.10. The average Bonchev–Trinajstić information content (AvgIpc) is 2.25. The van der Waals surface area contributed by atoms with E-state index in [0.717, 1.165) is 17.7 Å². The zero-order valence-corrected chi connectivity index (χ0v) is 11.0. The smallest absolute Gasteiger partial charge is 0.126 e. The number of rotatable bonds is 4. The maximum absolute atomic E-state index is 9.40. The Morgan fingerprint density at radius 1 is 1.31 bits per heavy atom. The summed E-state index contributed by atoms with van der Waals surface area (Å²) in [5.74, 6) is 0.187. The molecular weight excluding hydrogens is 268 g/mol. The van der Waals surface area contributed by atoms with E-state index in [-0.39, 0.29) is 15.3 Å². The summed E-state index contributed by atoms with van der Waals surface area (Å²) in [5, 5.41) is 12.8. The normalized spacial score (nSPS) is 10.2. The molecule has 0 spiro atoms. The molecule has 0 saturated carbocycles. The van der Waals surface area contributed by atoms with E-state index in [1.54, 1.807) is 18.2 Å². The van der Waals surface area contributed by atoms with Gasteiger partial charge in [0.25, 0.3) is 0 Å². The molecule has 0 aliphatic rings. The molecule has 2 nitrogen and oxygen atoms in total. The molecule has 0 fully saturated rings. The van der Waals surface area contributed by atoms with Crippen molar-refractivity contribution in [1.29, 1.82) is 0 Å². The van der Waals surface area contributed by atoms with Crippen LogP contribution in [-0.4, -0.2) is 11.7 Å². The Morgan fingerprint density at radius 2 is 2.00 bits per heavy atom. The van der Waals surface area contributed by atoms with Crippen LogP contribution in [0.1, 0.15) is 18.1 Å². The predicted molar refractivity (Wildman–Crippen MR) is 70.0 cm³/mol. The first-order valence-corrected chi connectivity index (χ1v) is 5.93. The maximum atomic E-state index is 9.40. The Labute approximate surface area is 110 Å². The molecule has 0 unspecified atom stereocenters. The number of hydrogen-bond acceptors (Lipinski definition) is 2. The van der Waals surface area contributed by atoms with Gasteiger partial charge in [0.2, 0.25) is 0 Å². The molecule has 1 aromatic rings. The van der Waals surface area contributed by atoms with Gasteiger partial charge in [-0.2, -0.15) is 0 Å². The monoisotopic (exact) mass is 279 g/mol. The van der Waals surface area contributed by atoms with Gasteiger partial charge < -0.3 is 10.4 Å². The number of nitrogens with one attached hydrogen (secondary N) is 1. The molecule has 0 amide bonds. The molecule has 0 saturated heterocycles. The van der Waals surface area contributed by atoms with Gasteiger partial charge in [-0.3, -0.25) is 0 Å². The van der Waals surface area contributed by atoms with Crippen molar-refractivity contribution in [2.24, 2.45) is 0 Å². The van der Waals surface area contributed by atoms with Crippen LogP contribution in [0.3, 0.4) is 0 Å². The first-order chi connectivity index (χ1) is 7.56. The lowest BCUT2D eigenvalue weighted by Crippen LogP contribution is -2.12. The zero-order valence-electron chi connectivity index (χ0n) is 8.73. The first-order valence-electron chi connectivity index (χ1n) is 4.80. The predicted octanol–water partition coefficient (Wildman–Crippen LogP) is 3.84. The van der Waals surface area contributed by atoms with Crippen LogP contribution >= 0.6 is 34.8 Å². The van der Waals surface area contributed by atoms with Crippen molar-refractivity contribution in [1.82, 2.24) is 5.32 Å². The van der Waals surface area contributed by atoms with Gasteiger partial charge in [-0.05, 0) is 30.3 Å². The molecule has 0 aliphatic carbocycles. The van der Waals surface area contributed by atoms with Gasteiger partial charge in [0.1, 0.15) is 10.2 Å². The summed E-state index contributed by atoms with van der Waals surface area (Å²) in [7, 11) is 0. The van der Waals surface area contributed by atoms with Gasteiger partial charge in [-0.25, -0.2) is 0 Å². The molecule has 1 aromatic carbocycles. The number of aromatic hydroxyl groups is 1. The summed E-state index contributed by atoms with van der Waals surface area (Å²) in [6.07, 6.45) is 0. The largest absolute Gasteiger partial charge is 0.508 e. The maximum Gasteiger partial charge on any atom is 0.126 e. The van der Waals surface area contributed by atoms with E-state index in [9.17, 15) is 5.11 Å². The van der Waals surface area contributed by atoms with Crippen LogP contribution in [0.25, 0.3) is 5.03 Å². The zero-order chi connectivity index (χ0) is 12.1. The molecule has 1 rings (SSSR count). The van der Waals surface area contributed by atoms with E-state index in [2.05, 4.69) is 5.32 Å². The highest BCUT2D eigenvalue weighted by atomic mass is 35.5. The molecule has 5 heteroatoms. The third kappa shape index (κ3) is 3.56. The van der Waals surface area contributed by atoms with Crippen LogP contribution in [0.2, 0.25) is 0 Å². The second kappa shape index (κ2) is 6.36. The molecule has 0 aliphatic heterocycles. The minimum atomic E-state index is 0.0186. The van der Waals surface area contributed by atoms with Gasteiger partial charge in [0.15, 0.2) is 0 Å². The highest BCUT2D eigenvalue weighted by molar-refractivity contribution is 6.66. The van der Waals surface area contributed by atoms with Crippen LogP contribution in [-0.2, 0) is 6.54 Å². The van der Waals surface area contributed by atoms with E-state index < -0.39 is 0 Å². The molecule has 2 N–H and O–H groups in total. The molecule has 0 aromatic heterocycles. The number of halogens is 3. The second-order valence-electron chi connectivity index (χ2n) is 3.20. The van der Waals surface area contributed by atoms with Crippen LogP contribution in [0, 0.1) is 0 Å². The summed E-state index contributed by atoms with van der Waals surface area (Å²) in [6.45, 7) is 3.41. The van der Waals surface area contributed by atoms with Crippen molar-refractivity contribution in [3.8, 4) is 5.75 Å². The quantitative estimate of drug-likeness (QED) is 0.878. The minimum Gasteiger partial charge on any atom is -0.508 e. The average molecular weight is 281 g/mol. The third-order valence-corrected chi connectivity index (χ3v) is 3.02. The highest BCUT2D eigenvalue weighted by Crippen LogP contribution is 2.31. The van der Waals surface area contributed by atoms with Crippen molar-refractivity contribution in [2.45, 2.75) is 13.5 Å². The van der Waals surface area contributed by atoms with Crippen LogP contribution in [0.4, 0.5) is 0 Å². The van der Waals surface area contributed by atoms with Crippen LogP contribution in [0.5, 0.6) is 5.75 Å². The number of phenolic OH excluding ortho intramolecular Hbond substituents is 1. The number of hydrogen-bond donors (Lipinski definition) is 2. The van der Waals surface area contributed by atoms with Crippen molar-refractivity contribution >= 4 is 39.8 Å². The Hall–Kier alpha value is -0.410. The molecule has 0 radical (unpaired) electrons. The summed E-state index contributed by atoms with van der Waals surface area (Å²) in [4.78, 5) is 0. The van der Waals surface area contributed by atoms with Gasteiger partial charge in [-0.15, -0.1) is 0 Å². The van der Waals surface area contributed by atoms with Gasteiger partial charge in [0, 0.05) is 12.1 Å². The van der Waals surface area contributed by atoms with E-state index in [4.69, 9.17) is 34.8 Å². The number of phenols is 1. The highest BCUT2D eigenvalue weighted by Gasteiger charge is 2.09. The van der Waals surface area contributed by atoms with Gasteiger partial charge >= 0.3 is 0 Å². The summed E-state index contributed by atoms with van der Waals surface area (Å²) < 4.78 is 0.0186. The summed E-state index contributed by atoms with van der Waals surface area (Å²) in [5.41, 5.74) is 1.58. The molecule has 16 heavy (non-hydrogen) atoms. The van der Waals surface area contributed by atoms with E-state index in [0.29, 0.717) is 6.54 Å². The van der Waals surface area contributed by atoms with Gasteiger partial charge in [-0.1, -0.05) is 41.7 Å².